The van der Waals surface area contributed by atoms with Gasteiger partial charge in [0, 0.05) is 5.56 Å². The Morgan fingerprint density at radius 3 is 2.67 bits per heavy atom. The topological polar surface area (TPSA) is 21.6 Å². The quantitative estimate of drug-likeness (QED) is 0.578. The van der Waals surface area contributed by atoms with Crippen molar-refractivity contribution in [3.63, 3.8) is 0 Å². The summed E-state index contributed by atoms with van der Waals surface area (Å²) in [5.74, 6) is 0. The van der Waals surface area contributed by atoms with E-state index >= 15 is 0 Å². The molecule has 0 aliphatic heterocycles. The van der Waals surface area contributed by atoms with E-state index in [0.29, 0.717) is 0 Å². The van der Waals surface area contributed by atoms with Crippen LogP contribution in [0.2, 0.25) is 18.1 Å². The fourth-order valence-electron chi connectivity index (χ4n) is 1.74. The van der Waals surface area contributed by atoms with E-state index in [2.05, 4.69) is 57.2 Å². The van der Waals surface area contributed by atoms with Crippen LogP contribution in [0, 0.1) is 6.07 Å². The van der Waals surface area contributed by atoms with Gasteiger partial charge < -0.3 is 4.53 Å². The van der Waals surface area contributed by atoms with Crippen LogP contribution >= 0.6 is 0 Å². The molecule has 1 aliphatic rings. The second kappa shape index (κ2) is 4.54. The molecule has 0 heterocycles. The summed E-state index contributed by atoms with van der Waals surface area (Å²) in [4.78, 5) is 0. The molecule has 18 heavy (non-hydrogen) atoms. The first kappa shape index (κ1) is 13.3. The largest absolute Gasteiger partial charge is 0.455 e. The number of hydrogen-bond donors (Lipinski definition) is 0. The Kier molecular flexibility index (Phi) is 3.36. The molecule has 0 atom stereocenters. The first-order valence-corrected chi connectivity index (χ1v) is 9.46. The summed E-state index contributed by atoms with van der Waals surface area (Å²) in [7, 11) is -1.79. The molecule has 2 rings (SSSR count). The van der Waals surface area contributed by atoms with Crippen LogP contribution in [0.1, 0.15) is 38.3 Å². The van der Waals surface area contributed by atoms with E-state index in [9.17, 15) is 0 Å². The number of rotatable bonds is 2. The minimum Gasteiger partial charge on any atom is -0.455 e. The molecular weight excluding hydrogens is 238 g/mol. The molecule has 1 aromatic rings. The van der Waals surface area contributed by atoms with Crippen LogP contribution in [-0.2, 0) is 10.9 Å². The number of oxime groups is 1. The van der Waals surface area contributed by atoms with E-state index < -0.39 is 8.32 Å². The van der Waals surface area contributed by atoms with Gasteiger partial charge in [0.1, 0.15) is 0 Å². The van der Waals surface area contributed by atoms with Crippen LogP contribution in [0.4, 0.5) is 0 Å². The molecule has 1 radical (unpaired) electrons. The van der Waals surface area contributed by atoms with E-state index in [1.807, 2.05) is 6.07 Å². The molecule has 0 N–H and O–H groups in total. The fourth-order valence-corrected chi connectivity index (χ4v) is 2.35. The van der Waals surface area contributed by atoms with Crippen molar-refractivity contribution in [3.05, 3.63) is 35.4 Å². The summed E-state index contributed by atoms with van der Waals surface area (Å²) in [5.41, 5.74) is 3.69. The van der Waals surface area contributed by atoms with Crippen LogP contribution < -0.4 is 0 Å². The number of nitrogens with zero attached hydrogens (tertiary/aromatic N) is 1. The van der Waals surface area contributed by atoms with E-state index in [1.54, 1.807) is 0 Å². The van der Waals surface area contributed by atoms with Gasteiger partial charge in [-0.25, -0.2) is 0 Å². The number of aryl methyl sites for hydroxylation is 1. The molecule has 0 fully saturated rings. The molecule has 0 saturated carbocycles. The molecule has 3 heteroatoms. The normalized spacial score (nSPS) is 17.9. The smallest absolute Gasteiger partial charge is 0.286 e. The molecule has 1 aliphatic carbocycles. The van der Waals surface area contributed by atoms with E-state index in [4.69, 9.17) is 4.53 Å². The summed E-state index contributed by atoms with van der Waals surface area (Å²) in [6, 6.07) is 9.23. The lowest BCUT2D eigenvalue weighted by Gasteiger charge is -2.33. The zero-order chi connectivity index (χ0) is 13.4. The highest BCUT2D eigenvalue weighted by Crippen LogP contribution is 2.37. The van der Waals surface area contributed by atoms with Crippen LogP contribution in [0.15, 0.2) is 23.4 Å². The number of hydrogen-bond acceptors (Lipinski definition) is 2. The molecule has 0 aromatic heterocycles. The molecule has 0 spiro atoms. The first-order chi connectivity index (χ1) is 8.31. The van der Waals surface area contributed by atoms with Gasteiger partial charge in [-0.15, -0.1) is 5.16 Å². The van der Waals surface area contributed by atoms with Gasteiger partial charge >= 0.3 is 0 Å². The highest BCUT2D eigenvalue weighted by molar-refractivity contribution is 6.74. The van der Waals surface area contributed by atoms with Crippen molar-refractivity contribution in [2.45, 2.75) is 51.7 Å². The maximum absolute atomic E-state index is 5.95. The van der Waals surface area contributed by atoms with Crippen LogP contribution in [0.5, 0.6) is 0 Å². The van der Waals surface area contributed by atoms with E-state index in [1.165, 1.54) is 11.1 Å². The SMILES string of the molecule is CC(C)(C)[Si](C)(C)O/N=C1\CCc2c[c]ccc21. The maximum Gasteiger partial charge on any atom is 0.286 e. The first-order valence-electron chi connectivity index (χ1n) is 6.56. The molecule has 97 valence electrons. The Labute approximate surface area is 111 Å². The summed E-state index contributed by atoms with van der Waals surface area (Å²) in [6.07, 6.45) is 2.05. The van der Waals surface area contributed by atoms with Crippen LogP contribution in [0.25, 0.3) is 0 Å². The second-order valence-electron chi connectivity index (χ2n) is 6.47. The predicted molar refractivity (Wildman–Crippen MR) is 78.4 cm³/mol. The van der Waals surface area contributed by atoms with Crippen molar-refractivity contribution < 1.29 is 4.53 Å². The number of fused-ring (bicyclic) bond motifs is 1. The highest BCUT2D eigenvalue weighted by atomic mass is 28.4. The third-order valence-electron chi connectivity index (χ3n) is 4.08. The lowest BCUT2D eigenvalue weighted by molar-refractivity contribution is 0.307. The monoisotopic (exact) mass is 260 g/mol. The average Bonchev–Trinajstić information content (AvgIpc) is 2.68. The average molecular weight is 260 g/mol. The Balaban J connectivity index is 2.18. The lowest BCUT2D eigenvalue weighted by atomic mass is 10.1. The maximum atomic E-state index is 5.95. The third-order valence-corrected chi connectivity index (χ3v) is 8.24. The van der Waals surface area contributed by atoms with Crippen LogP contribution in [0.3, 0.4) is 0 Å². The van der Waals surface area contributed by atoms with Gasteiger partial charge in [0.25, 0.3) is 8.32 Å². The second-order valence-corrected chi connectivity index (χ2v) is 11.2. The van der Waals surface area contributed by atoms with Crippen molar-refractivity contribution in [1.82, 2.24) is 0 Å². The molecule has 0 unspecified atom stereocenters. The van der Waals surface area contributed by atoms with Crippen molar-refractivity contribution in [2.75, 3.05) is 0 Å². The van der Waals surface area contributed by atoms with Crippen molar-refractivity contribution in [2.24, 2.45) is 5.16 Å². The van der Waals surface area contributed by atoms with Crippen molar-refractivity contribution in [1.29, 1.82) is 0 Å². The summed E-state index contributed by atoms with van der Waals surface area (Å²) in [6.45, 7) is 11.2. The zero-order valence-electron chi connectivity index (χ0n) is 12.0. The summed E-state index contributed by atoms with van der Waals surface area (Å²) < 4.78 is 5.95. The van der Waals surface area contributed by atoms with E-state index in [-0.39, 0.29) is 5.04 Å². The van der Waals surface area contributed by atoms with Crippen molar-refractivity contribution >= 4 is 14.0 Å². The van der Waals surface area contributed by atoms with Gasteiger partial charge in [-0.2, -0.15) is 0 Å². The Morgan fingerprint density at radius 1 is 1.28 bits per heavy atom. The summed E-state index contributed by atoms with van der Waals surface area (Å²) >= 11 is 0. The predicted octanol–water partition coefficient (Wildman–Crippen LogP) is 4.16. The fraction of sp³-hybridized carbons (Fsp3) is 0.533. The van der Waals surface area contributed by atoms with Gasteiger partial charge in [0.15, 0.2) is 0 Å². The number of benzene rings is 1. The molecular formula is C15H22NOSi. The van der Waals surface area contributed by atoms with Gasteiger partial charge in [-0.1, -0.05) is 39.0 Å². The minimum atomic E-state index is -1.79. The third kappa shape index (κ3) is 2.51. The lowest BCUT2D eigenvalue weighted by Crippen LogP contribution is -2.39. The molecule has 0 bridgehead atoms. The van der Waals surface area contributed by atoms with Gasteiger partial charge in [0.2, 0.25) is 0 Å². The minimum absolute atomic E-state index is 0.197. The van der Waals surface area contributed by atoms with Gasteiger partial charge in [0.05, 0.1) is 5.71 Å². The molecule has 0 amide bonds. The summed E-state index contributed by atoms with van der Waals surface area (Å²) in [5, 5.41) is 4.66. The highest BCUT2D eigenvalue weighted by Gasteiger charge is 2.40. The standard InChI is InChI=1S/C15H22NOSi/c1-15(2,3)18(4,5)17-16-14-11-10-12-8-6-7-9-13(12)14/h7-9H,10-11H2,1-5H3/b16-14+. The van der Waals surface area contributed by atoms with E-state index in [0.717, 1.165) is 18.6 Å². The molecule has 1 aromatic carbocycles. The molecule has 2 nitrogen and oxygen atoms in total. The zero-order valence-corrected chi connectivity index (χ0v) is 13.0. The van der Waals surface area contributed by atoms with Gasteiger partial charge in [-0.05, 0) is 42.6 Å². The van der Waals surface area contributed by atoms with Crippen LogP contribution in [-0.4, -0.2) is 14.0 Å². The Morgan fingerprint density at radius 2 is 2.00 bits per heavy atom. The van der Waals surface area contributed by atoms with Crippen molar-refractivity contribution in [3.8, 4) is 0 Å². The van der Waals surface area contributed by atoms with Gasteiger partial charge in [-0.3, -0.25) is 0 Å². The Hall–Kier alpha value is -1.09. The Bertz CT molecular complexity index is 472. The molecule has 0 saturated heterocycles.